The highest BCUT2D eigenvalue weighted by Crippen LogP contribution is 2.10. The van der Waals surface area contributed by atoms with Gasteiger partial charge in [0.1, 0.15) is 5.82 Å². The van der Waals surface area contributed by atoms with Gasteiger partial charge in [0, 0.05) is 30.5 Å². The standard InChI is InChI=1S/C16H21ClN4O/c1-12(2)11-21-7-6-18-15(21)10-20-16(22)19-9-13-4-3-5-14(17)8-13/h3-8,12H,9-11H2,1-2H3,(H2,19,20,22). The first kappa shape index (κ1) is 16.4. The van der Waals surface area contributed by atoms with Gasteiger partial charge < -0.3 is 15.2 Å². The summed E-state index contributed by atoms with van der Waals surface area (Å²) in [6.45, 7) is 6.03. The number of carbonyl (C=O) groups is 1. The van der Waals surface area contributed by atoms with Gasteiger partial charge in [0.2, 0.25) is 0 Å². The Kier molecular flexibility index (Phi) is 5.83. The van der Waals surface area contributed by atoms with Gasteiger partial charge in [-0.3, -0.25) is 0 Å². The second kappa shape index (κ2) is 7.84. The molecule has 2 aromatic rings. The molecule has 1 heterocycles. The second-order valence-corrected chi connectivity index (χ2v) is 5.99. The minimum Gasteiger partial charge on any atom is -0.334 e. The topological polar surface area (TPSA) is 59.0 Å². The molecule has 0 saturated carbocycles. The van der Waals surface area contributed by atoms with Crippen molar-refractivity contribution < 1.29 is 4.79 Å². The molecule has 2 amide bonds. The van der Waals surface area contributed by atoms with Gasteiger partial charge in [-0.25, -0.2) is 9.78 Å². The molecular formula is C16H21ClN4O. The number of benzene rings is 1. The zero-order valence-electron chi connectivity index (χ0n) is 12.8. The summed E-state index contributed by atoms with van der Waals surface area (Å²) in [5.41, 5.74) is 0.962. The average Bonchev–Trinajstić information content (AvgIpc) is 2.89. The van der Waals surface area contributed by atoms with Crippen LogP contribution in [0.3, 0.4) is 0 Å². The van der Waals surface area contributed by atoms with E-state index >= 15 is 0 Å². The van der Waals surface area contributed by atoms with Crippen molar-refractivity contribution in [2.75, 3.05) is 0 Å². The first-order valence-corrected chi connectivity index (χ1v) is 7.68. The van der Waals surface area contributed by atoms with Crippen LogP contribution >= 0.6 is 11.6 Å². The molecule has 0 unspecified atom stereocenters. The van der Waals surface area contributed by atoms with Crippen LogP contribution in [0.25, 0.3) is 0 Å². The lowest BCUT2D eigenvalue weighted by atomic mass is 10.2. The maximum atomic E-state index is 11.8. The van der Waals surface area contributed by atoms with Gasteiger partial charge in [0.15, 0.2) is 0 Å². The van der Waals surface area contributed by atoms with Crippen LogP contribution in [0.2, 0.25) is 5.02 Å². The summed E-state index contributed by atoms with van der Waals surface area (Å²) in [7, 11) is 0. The molecule has 1 aromatic carbocycles. The van der Waals surface area contributed by atoms with E-state index in [1.807, 2.05) is 24.4 Å². The maximum absolute atomic E-state index is 11.8. The Morgan fingerprint density at radius 1 is 1.32 bits per heavy atom. The summed E-state index contributed by atoms with van der Waals surface area (Å²) in [6, 6.07) is 7.19. The van der Waals surface area contributed by atoms with Crippen LogP contribution in [-0.4, -0.2) is 15.6 Å². The van der Waals surface area contributed by atoms with Crippen LogP contribution in [0.15, 0.2) is 36.7 Å². The van der Waals surface area contributed by atoms with E-state index in [0.29, 0.717) is 24.0 Å². The molecule has 0 aliphatic rings. The van der Waals surface area contributed by atoms with Crippen LogP contribution in [-0.2, 0) is 19.6 Å². The minimum absolute atomic E-state index is 0.223. The molecule has 0 saturated heterocycles. The predicted molar refractivity (Wildman–Crippen MR) is 87.6 cm³/mol. The third kappa shape index (κ3) is 5.07. The number of rotatable bonds is 6. The third-order valence-corrected chi connectivity index (χ3v) is 3.35. The Bertz CT molecular complexity index is 624. The van der Waals surface area contributed by atoms with Crippen LogP contribution in [0.1, 0.15) is 25.2 Å². The van der Waals surface area contributed by atoms with E-state index in [-0.39, 0.29) is 6.03 Å². The molecule has 5 nitrogen and oxygen atoms in total. The summed E-state index contributed by atoms with van der Waals surface area (Å²) < 4.78 is 2.06. The largest absolute Gasteiger partial charge is 0.334 e. The van der Waals surface area contributed by atoms with E-state index < -0.39 is 0 Å². The molecule has 118 valence electrons. The minimum atomic E-state index is -0.223. The number of imidazole rings is 1. The van der Waals surface area contributed by atoms with Crippen LogP contribution < -0.4 is 10.6 Å². The van der Waals surface area contributed by atoms with Crippen molar-refractivity contribution in [1.82, 2.24) is 20.2 Å². The number of halogens is 1. The van der Waals surface area contributed by atoms with E-state index in [2.05, 4.69) is 34.0 Å². The highest BCUT2D eigenvalue weighted by molar-refractivity contribution is 6.30. The number of aromatic nitrogens is 2. The van der Waals surface area contributed by atoms with Crippen LogP contribution in [0.5, 0.6) is 0 Å². The fourth-order valence-corrected chi connectivity index (χ4v) is 2.33. The van der Waals surface area contributed by atoms with E-state index in [9.17, 15) is 4.79 Å². The summed E-state index contributed by atoms with van der Waals surface area (Å²) >= 11 is 5.91. The fraction of sp³-hybridized carbons (Fsp3) is 0.375. The van der Waals surface area contributed by atoms with Crippen molar-refractivity contribution in [1.29, 1.82) is 0 Å². The normalized spacial score (nSPS) is 10.7. The molecule has 22 heavy (non-hydrogen) atoms. The molecule has 1 aromatic heterocycles. The first-order valence-electron chi connectivity index (χ1n) is 7.30. The highest BCUT2D eigenvalue weighted by atomic mass is 35.5. The monoisotopic (exact) mass is 320 g/mol. The van der Waals surface area contributed by atoms with E-state index in [1.54, 1.807) is 12.3 Å². The molecule has 0 radical (unpaired) electrons. The average molecular weight is 321 g/mol. The number of nitrogens with one attached hydrogen (secondary N) is 2. The number of carbonyl (C=O) groups excluding carboxylic acids is 1. The molecule has 2 N–H and O–H groups in total. The molecule has 6 heteroatoms. The van der Waals surface area contributed by atoms with E-state index in [4.69, 9.17) is 11.6 Å². The van der Waals surface area contributed by atoms with Gasteiger partial charge in [0.25, 0.3) is 0 Å². The van der Waals surface area contributed by atoms with Gasteiger partial charge in [-0.15, -0.1) is 0 Å². The number of amides is 2. The van der Waals surface area contributed by atoms with Crippen molar-refractivity contribution >= 4 is 17.6 Å². The zero-order valence-corrected chi connectivity index (χ0v) is 13.6. The molecular weight excluding hydrogens is 300 g/mol. The maximum Gasteiger partial charge on any atom is 0.315 e. The van der Waals surface area contributed by atoms with Gasteiger partial charge in [-0.1, -0.05) is 37.6 Å². The number of hydrogen-bond acceptors (Lipinski definition) is 2. The Labute approximate surface area is 135 Å². The molecule has 0 fully saturated rings. The fourth-order valence-electron chi connectivity index (χ4n) is 2.12. The first-order chi connectivity index (χ1) is 10.5. The van der Waals surface area contributed by atoms with E-state index in [0.717, 1.165) is 17.9 Å². The predicted octanol–water partition coefficient (Wildman–Crippen LogP) is 3.19. The van der Waals surface area contributed by atoms with E-state index in [1.165, 1.54) is 0 Å². The molecule has 0 aliphatic carbocycles. The number of hydrogen-bond donors (Lipinski definition) is 2. The molecule has 0 aliphatic heterocycles. The third-order valence-electron chi connectivity index (χ3n) is 3.11. The molecule has 2 rings (SSSR count). The Hall–Kier alpha value is -2.01. The van der Waals surface area contributed by atoms with Crippen molar-refractivity contribution in [3.8, 4) is 0 Å². The molecule has 0 bridgehead atoms. The van der Waals surface area contributed by atoms with Crippen molar-refractivity contribution in [2.45, 2.75) is 33.5 Å². The SMILES string of the molecule is CC(C)Cn1ccnc1CNC(=O)NCc1cccc(Cl)c1. The molecule has 0 spiro atoms. The van der Waals surface area contributed by atoms with Crippen LogP contribution in [0, 0.1) is 5.92 Å². The number of urea groups is 1. The quantitative estimate of drug-likeness (QED) is 0.858. The second-order valence-electron chi connectivity index (χ2n) is 5.56. The molecule has 0 atom stereocenters. The van der Waals surface area contributed by atoms with Gasteiger partial charge in [-0.05, 0) is 23.6 Å². The lowest BCUT2D eigenvalue weighted by molar-refractivity contribution is 0.239. The summed E-state index contributed by atoms with van der Waals surface area (Å²) in [4.78, 5) is 16.1. The lowest BCUT2D eigenvalue weighted by Crippen LogP contribution is -2.35. The Morgan fingerprint density at radius 2 is 2.09 bits per heavy atom. The highest BCUT2D eigenvalue weighted by Gasteiger charge is 2.07. The smallest absolute Gasteiger partial charge is 0.315 e. The Morgan fingerprint density at radius 3 is 2.82 bits per heavy atom. The van der Waals surface area contributed by atoms with Gasteiger partial charge >= 0.3 is 6.03 Å². The lowest BCUT2D eigenvalue weighted by Gasteiger charge is -2.11. The summed E-state index contributed by atoms with van der Waals surface area (Å²) in [5, 5.41) is 6.28. The summed E-state index contributed by atoms with van der Waals surface area (Å²) in [6.07, 6.45) is 3.68. The Balaban J connectivity index is 1.79. The van der Waals surface area contributed by atoms with Gasteiger partial charge in [-0.2, -0.15) is 0 Å². The number of nitrogens with zero attached hydrogens (tertiary/aromatic N) is 2. The van der Waals surface area contributed by atoms with Crippen molar-refractivity contribution in [3.05, 3.63) is 53.1 Å². The zero-order chi connectivity index (χ0) is 15.9. The van der Waals surface area contributed by atoms with Gasteiger partial charge in [0.05, 0.1) is 6.54 Å². The van der Waals surface area contributed by atoms with Crippen molar-refractivity contribution in [3.63, 3.8) is 0 Å². The van der Waals surface area contributed by atoms with Crippen molar-refractivity contribution in [2.24, 2.45) is 5.92 Å². The van der Waals surface area contributed by atoms with Crippen LogP contribution in [0.4, 0.5) is 4.79 Å². The summed E-state index contributed by atoms with van der Waals surface area (Å²) in [5.74, 6) is 1.39.